The van der Waals surface area contributed by atoms with Gasteiger partial charge in [0.2, 0.25) is 0 Å². The van der Waals surface area contributed by atoms with Gasteiger partial charge in [-0.3, -0.25) is 4.79 Å². The van der Waals surface area contributed by atoms with E-state index in [0.29, 0.717) is 19.8 Å². The van der Waals surface area contributed by atoms with Gasteiger partial charge in [-0.25, -0.2) is 0 Å². The van der Waals surface area contributed by atoms with Gasteiger partial charge in [-0.1, -0.05) is 48.5 Å². The summed E-state index contributed by atoms with van der Waals surface area (Å²) in [4.78, 5) is 12.9. The third-order valence-electron chi connectivity index (χ3n) is 6.77. The summed E-state index contributed by atoms with van der Waals surface area (Å²) < 4.78 is 19.5. The molecule has 2 unspecified atom stereocenters. The molecule has 180 valence electrons. The van der Waals surface area contributed by atoms with Crippen molar-refractivity contribution in [3.05, 3.63) is 111 Å². The maximum absolute atomic E-state index is 12.9. The highest BCUT2D eigenvalue weighted by Crippen LogP contribution is 2.30. The topological polar surface area (TPSA) is 49.7 Å². The highest BCUT2D eigenvalue weighted by molar-refractivity contribution is 5.83. The summed E-state index contributed by atoms with van der Waals surface area (Å²) in [6, 6.07) is 26.1. The van der Waals surface area contributed by atoms with E-state index in [1.54, 1.807) is 13.2 Å². The van der Waals surface area contributed by atoms with Crippen molar-refractivity contribution in [3.63, 3.8) is 0 Å². The SMILES string of the molecule is COC1CCOC(c2cccc(COc3ccc4c(C)cc(=O)n(Cc5ccccc5)c4c3)c2)C1. The van der Waals surface area contributed by atoms with Gasteiger partial charge in [-0.2, -0.15) is 0 Å². The molecule has 0 saturated carbocycles. The van der Waals surface area contributed by atoms with Crippen LogP contribution in [0.5, 0.6) is 5.75 Å². The van der Waals surface area contributed by atoms with Crippen LogP contribution in [0.3, 0.4) is 0 Å². The summed E-state index contributed by atoms with van der Waals surface area (Å²) in [5.74, 6) is 0.739. The Labute approximate surface area is 205 Å². The smallest absolute Gasteiger partial charge is 0.251 e. The van der Waals surface area contributed by atoms with Crippen LogP contribution >= 0.6 is 0 Å². The largest absolute Gasteiger partial charge is 0.489 e. The van der Waals surface area contributed by atoms with Crippen molar-refractivity contribution in [3.8, 4) is 5.75 Å². The van der Waals surface area contributed by atoms with E-state index in [9.17, 15) is 4.79 Å². The van der Waals surface area contributed by atoms with Crippen molar-refractivity contribution in [2.24, 2.45) is 0 Å². The molecule has 0 amide bonds. The number of nitrogens with zero attached hydrogens (tertiary/aromatic N) is 1. The van der Waals surface area contributed by atoms with Gasteiger partial charge >= 0.3 is 0 Å². The van der Waals surface area contributed by atoms with Crippen molar-refractivity contribution in [2.45, 2.75) is 45.1 Å². The Morgan fingerprint density at radius 1 is 0.971 bits per heavy atom. The monoisotopic (exact) mass is 469 g/mol. The zero-order valence-corrected chi connectivity index (χ0v) is 20.3. The molecule has 5 heteroatoms. The Bertz CT molecular complexity index is 1360. The first-order valence-corrected chi connectivity index (χ1v) is 12.1. The maximum Gasteiger partial charge on any atom is 0.251 e. The van der Waals surface area contributed by atoms with E-state index in [-0.39, 0.29) is 17.8 Å². The van der Waals surface area contributed by atoms with E-state index in [1.165, 1.54) is 0 Å². The standard InChI is InChI=1S/C30H31NO4/c1-21-15-30(32)31(19-22-7-4-3-5-8-22)28-17-26(11-12-27(21)28)35-20-23-9-6-10-24(16-23)29-18-25(33-2)13-14-34-29/h3-12,15-17,25,29H,13-14,18-20H2,1-2H3. The van der Waals surface area contributed by atoms with E-state index in [1.807, 2.05) is 60.0 Å². The van der Waals surface area contributed by atoms with Gasteiger partial charge in [0.25, 0.3) is 5.56 Å². The van der Waals surface area contributed by atoms with Crippen LogP contribution in [0.15, 0.2) is 83.7 Å². The minimum Gasteiger partial charge on any atom is -0.489 e. The van der Waals surface area contributed by atoms with Gasteiger partial charge in [0.1, 0.15) is 12.4 Å². The molecule has 2 heterocycles. The normalized spacial score (nSPS) is 18.0. The van der Waals surface area contributed by atoms with E-state index in [0.717, 1.165) is 51.7 Å². The summed E-state index contributed by atoms with van der Waals surface area (Å²) >= 11 is 0. The third kappa shape index (κ3) is 5.31. The Hall–Kier alpha value is -3.41. The number of pyridine rings is 1. The van der Waals surface area contributed by atoms with Crippen LogP contribution in [0.25, 0.3) is 10.9 Å². The lowest BCUT2D eigenvalue weighted by Crippen LogP contribution is -2.25. The molecule has 2 atom stereocenters. The van der Waals surface area contributed by atoms with Crippen LogP contribution in [-0.4, -0.2) is 24.4 Å². The molecule has 0 N–H and O–H groups in total. The van der Waals surface area contributed by atoms with Crippen molar-refractivity contribution in [1.29, 1.82) is 0 Å². The Morgan fingerprint density at radius 2 is 1.80 bits per heavy atom. The molecule has 5 nitrogen and oxygen atoms in total. The highest BCUT2D eigenvalue weighted by Gasteiger charge is 2.23. The molecule has 0 bridgehead atoms. The van der Waals surface area contributed by atoms with E-state index in [4.69, 9.17) is 14.2 Å². The van der Waals surface area contributed by atoms with Gasteiger partial charge in [0, 0.05) is 37.7 Å². The number of hydrogen-bond donors (Lipinski definition) is 0. The summed E-state index contributed by atoms with van der Waals surface area (Å²) in [6.45, 7) is 3.65. The van der Waals surface area contributed by atoms with Gasteiger partial charge in [0.15, 0.2) is 0 Å². The molecule has 0 aliphatic carbocycles. The number of rotatable bonds is 7. The van der Waals surface area contributed by atoms with Crippen LogP contribution in [0.1, 0.15) is 41.2 Å². The molecule has 1 aliphatic heterocycles. The molecule has 4 aromatic rings. The highest BCUT2D eigenvalue weighted by atomic mass is 16.5. The Morgan fingerprint density at radius 3 is 2.63 bits per heavy atom. The fourth-order valence-corrected chi connectivity index (χ4v) is 4.81. The lowest BCUT2D eigenvalue weighted by Gasteiger charge is -2.29. The first kappa shape index (κ1) is 23.3. The predicted octanol–water partition coefficient (Wildman–Crippen LogP) is 5.80. The van der Waals surface area contributed by atoms with Crippen LogP contribution in [0.4, 0.5) is 0 Å². The Balaban J connectivity index is 1.37. The zero-order chi connectivity index (χ0) is 24.2. The molecular weight excluding hydrogens is 438 g/mol. The van der Waals surface area contributed by atoms with Gasteiger partial charge in [-0.15, -0.1) is 0 Å². The number of fused-ring (bicyclic) bond motifs is 1. The average molecular weight is 470 g/mol. The molecule has 3 aromatic carbocycles. The van der Waals surface area contributed by atoms with Crippen molar-refractivity contribution in [2.75, 3.05) is 13.7 Å². The maximum atomic E-state index is 12.9. The first-order chi connectivity index (χ1) is 17.1. The van der Waals surface area contributed by atoms with Crippen LogP contribution in [0.2, 0.25) is 0 Å². The summed E-state index contributed by atoms with van der Waals surface area (Å²) in [5.41, 5.74) is 5.16. The lowest BCUT2D eigenvalue weighted by atomic mass is 9.98. The van der Waals surface area contributed by atoms with E-state index < -0.39 is 0 Å². The molecular formula is C30H31NO4. The molecule has 5 rings (SSSR count). The molecule has 0 spiro atoms. The molecule has 1 fully saturated rings. The van der Waals surface area contributed by atoms with Crippen molar-refractivity contribution < 1.29 is 14.2 Å². The molecule has 1 aromatic heterocycles. The zero-order valence-electron chi connectivity index (χ0n) is 20.3. The predicted molar refractivity (Wildman–Crippen MR) is 138 cm³/mol. The number of benzene rings is 3. The van der Waals surface area contributed by atoms with E-state index in [2.05, 4.69) is 24.3 Å². The minimum absolute atomic E-state index is 0.00875. The molecule has 1 saturated heterocycles. The third-order valence-corrected chi connectivity index (χ3v) is 6.77. The average Bonchev–Trinajstić information content (AvgIpc) is 2.90. The molecule has 0 radical (unpaired) electrons. The van der Waals surface area contributed by atoms with E-state index >= 15 is 0 Å². The molecule has 35 heavy (non-hydrogen) atoms. The lowest BCUT2D eigenvalue weighted by molar-refractivity contribution is -0.0599. The number of aromatic nitrogens is 1. The van der Waals surface area contributed by atoms with Crippen molar-refractivity contribution in [1.82, 2.24) is 4.57 Å². The number of hydrogen-bond acceptors (Lipinski definition) is 4. The molecule has 1 aliphatic rings. The fraction of sp³-hybridized carbons (Fsp3) is 0.300. The second kappa shape index (κ2) is 10.5. The Kier molecular flexibility index (Phi) is 6.98. The van der Waals surface area contributed by atoms with Crippen LogP contribution < -0.4 is 10.3 Å². The number of methoxy groups -OCH3 is 1. The van der Waals surface area contributed by atoms with Gasteiger partial charge in [0.05, 0.1) is 24.3 Å². The quantitative estimate of drug-likeness (QED) is 0.343. The fourth-order valence-electron chi connectivity index (χ4n) is 4.81. The number of aryl methyl sites for hydroxylation is 1. The first-order valence-electron chi connectivity index (χ1n) is 12.1. The number of ether oxygens (including phenoxy) is 3. The van der Waals surface area contributed by atoms with Gasteiger partial charge in [-0.05, 0) is 53.8 Å². The van der Waals surface area contributed by atoms with Gasteiger partial charge < -0.3 is 18.8 Å². The summed E-state index contributed by atoms with van der Waals surface area (Å²) in [6.07, 6.45) is 2.09. The van der Waals surface area contributed by atoms with Crippen molar-refractivity contribution >= 4 is 10.9 Å². The second-order valence-electron chi connectivity index (χ2n) is 9.19. The summed E-state index contributed by atoms with van der Waals surface area (Å²) in [5, 5.41) is 1.05. The second-order valence-corrected chi connectivity index (χ2v) is 9.19. The minimum atomic E-state index is -0.00875. The van der Waals surface area contributed by atoms with Crippen LogP contribution in [0, 0.1) is 6.92 Å². The van der Waals surface area contributed by atoms with Crippen LogP contribution in [-0.2, 0) is 22.6 Å². The summed E-state index contributed by atoms with van der Waals surface area (Å²) in [7, 11) is 1.77.